The van der Waals surface area contributed by atoms with Crippen molar-refractivity contribution in [1.29, 1.82) is 0 Å². The van der Waals surface area contributed by atoms with Gasteiger partial charge in [-0.1, -0.05) is 6.08 Å². The van der Waals surface area contributed by atoms with Crippen LogP contribution in [-0.2, 0) is 0 Å². The Balaban J connectivity index is 2.54. The molecule has 1 aromatic rings. The molecule has 1 N–H and O–H groups in total. The monoisotopic (exact) mass is 221 g/mol. The average molecular weight is 221 g/mol. The number of aromatic nitrogens is 2. The summed E-state index contributed by atoms with van der Waals surface area (Å²) in [5.74, 6) is 2.17. The Morgan fingerprint density at radius 1 is 1.50 bits per heavy atom. The minimum Gasteiger partial charge on any atom is -0.478 e. The van der Waals surface area contributed by atoms with E-state index in [-0.39, 0.29) is 0 Å². The van der Waals surface area contributed by atoms with Crippen molar-refractivity contribution in [1.82, 2.24) is 9.97 Å². The third-order valence-electron chi connectivity index (χ3n) is 1.97. The van der Waals surface area contributed by atoms with Gasteiger partial charge in [0.05, 0.1) is 6.61 Å². The summed E-state index contributed by atoms with van der Waals surface area (Å²) in [6.07, 6.45) is 3.81. The molecule has 0 saturated heterocycles. The van der Waals surface area contributed by atoms with Crippen molar-refractivity contribution in [2.24, 2.45) is 0 Å². The number of nitrogens with one attached hydrogen (secondary N) is 1. The average Bonchev–Trinajstić information content (AvgIpc) is 2.24. The van der Waals surface area contributed by atoms with E-state index in [0.29, 0.717) is 12.5 Å². The highest BCUT2D eigenvalue weighted by molar-refractivity contribution is 5.38. The second-order valence-electron chi connectivity index (χ2n) is 3.45. The van der Waals surface area contributed by atoms with Gasteiger partial charge >= 0.3 is 0 Å². The summed E-state index contributed by atoms with van der Waals surface area (Å²) in [7, 11) is 0. The predicted molar refractivity (Wildman–Crippen MR) is 65.9 cm³/mol. The van der Waals surface area contributed by atoms with Gasteiger partial charge in [0, 0.05) is 12.6 Å². The van der Waals surface area contributed by atoms with Gasteiger partial charge in [0.1, 0.15) is 11.6 Å². The number of hydrogen-bond acceptors (Lipinski definition) is 4. The van der Waals surface area contributed by atoms with Gasteiger partial charge in [-0.05, 0) is 26.7 Å². The summed E-state index contributed by atoms with van der Waals surface area (Å²) < 4.78 is 5.54. The van der Waals surface area contributed by atoms with E-state index in [1.807, 2.05) is 26.0 Å². The molecule has 0 fully saturated rings. The van der Waals surface area contributed by atoms with Crippen LogP contribution in [0.25, 0.3) is 0 Å². The summed E-state index contributed by atoms with van der Waals surface area (Å²) in [6, 6.07) is 1.82. The van der Waals surface area contributed by atoms with Crippen LogP contribution in [0.15, 0.2) is 18.7 Å². The van der Waals surface area contributed by atoms with E-state index >= 15 is 0 Å². The lowest BCUT2D eigenvalue weighted by Gasteiger charge is -2.08. The van der Waals surface area contributed by atoms with Crippen LogP contribution in [0.1, 0.15) is 25.6 Å². The van der Waals surface area contributed by atoms with E-state index in [4.69, 9.17) is 4.74 Å². The Morgan fingerprint density at radius 2 is 2.31 bits per heavy atom. The summed E-state index contributed by atoms with van der Waals surface area (Å²) in [4.78, 5) is 8.46. The first-order valence-corrected chi connectivity index (χ1v) is 5.59. The first-order valence-electron chi connectivity index (χ1n) is 5.59. The van der Waals surface area contributed by atoms with E-state index in [0.717, 1.165) is 31.0 Å². The van der Waals surface area contributed by atoms with Crippen LogP contribution in [0.2, 0.25) is 0 Å². The molecule has 4 heteroatoms. The summed E-state index contributed by atoms with van der Waals surface area (Å²) in [5.41, 5.74) is 0. The fourth-order valence-corrected chi connectivity index (χ4v) is 1.29. The molecule has 0 unspecified atom stereocenters. The molecule has 0 saturated carbocycles. The van der Waals surface area contributed by atoms with Crippen molar-refractivity contribution >= 4 is 5.82 Å². The fraction of sp³-hybridized carbons (Fsp3) is 0.500. The summed E-state index contributed by atoms with van der Waals surface area (Å²) in [5, 5.41) is 3.14. The first-order chi connectivity index (χ1) is 7.76. The number of rotatable bonds is 7. The zero-order valence-corrected chi connectivity index (χ0v) is 9.99. The van der Waals surface area contributed by atoms with Gasteiger partial charge < -0.3 is 10.1 Å². The lowest BCUT2D eigenvalue weighted by atomic mass is 10.3. The van der Waals surface area contributed by atoms with Crippen molar-refractivity contribution in [2.75, 3.05) is 18.5 Å². The normalized spacial score (nSPS) is 9.88. The Bertz CT molecular complexity index is 339. The molecule has 0 aromatic carbocycles. The third kappa shape index (κ3) is 4.29. The molecule has 0 amide bonds. The minimum absolute atomic E-state index is 0.632. The van der Waals surface area contributed by atoms with E-state index in [1.165, 1.54) is 0 Å². The van der Waals surface area contributed by atoms with Crippen molar-refractivity contribution < 1.29 is 4.74 Å². The van der Waals surface area contributed by atoms with Gasteiger partial charge in [0.25, 0.3) is 0 Å². The van der Waals surface area contributed by atoms with Crippen molar-refractivity contribution in [3.05, 3.63) is 24.5 Å². The maximum absolute atomic E-state index is 5.54. The number of aryl methyl sites for hydroxylation is 1. The topological polar surface area (TPSA) is 47.0 Å². The van der Waals surface area contributed by atoms with Crippen LogP contribution in [0, 0.1) is 6.92 Å². The molecular formula is C12H19N3O. The van der Waals surface area contributed by atoms with Crippen molar-refractivity contribution in [3.8, 4) is 5.88 Å². The molecule has 88 valence electrons. The highest BCUT2D eigenvalue weighted by Crippen LogP contribution is 2.13. The number of ether oxygens (including phenoxy) is 1. The number of allylic oxidation sites excluding steroid dienone is 1. The van der Waals surface area contributed by atoms with Gasteiger partial charge in [-0.2, -0.15) is 4.98 Å². The number of anilines is 1. The molecule has 0 aliphatic carbocycles. The van der Waals surface area contributed by atoms with Crippen LogP contribution >= 0.6 is 0 Å². The standard InChI is InChI=1S/C12H19N3O/c1-4-6-7-8-16-12-9-11(13-5-2)14-10(3)15-12/h4,9H,1,5-8H2,2-3H3,(H,13,14,15). The molecule has 16 heavy (non-hydrogen) atoms. The van der Waals surface area contributed by atoms with Crippen molar-refractivity contribution in [3.63, 3.8) is 0 Å². The third-order valence-corrected chi connectivity index (χ3v) is 1.97. The highest BCUT2D eigenvalue weighted by Gasteiger charge is 2.01. The lowest BCUT2D eigenvalue weighted by Crippen LogP contribution is -2.05. The largest absolute Gasteiger partial charge is 0.478 e. The molecule has 0 aliphatic rings. The quantitative estimate of drug-likeness (QED) is 0.568. The Hall–Kier alpha value is -1.58. The maximum atomic E-state index is 5.54. The van der Waals surface area contributed by atoms with Gasteiger partial charge in [-0.3, -0.25) is 0 Å². The molecule has 1 rings (SSSR count). The van der Waals surface area contributed by atoms with Gasteiger partial charge in [0.15, 0.2) is 0 Å². The highest BCUT2D eigenvalue weighted by atomic mass is 16.5. The van der Waals surface area contributed by atoms with Crippen LogP contribution < -0.4 is 10.1 Å². The molecule has 0 aliphatic heterocycles. The molecule has 0 atom stereocenters. The molecule has 1 heterocycles. The van der Waals surface area contributed by atoms with E-state index in [9.17, 15) is 0 Å². The number of hydrogen-bond donors (Lipinski definition) is 1. The second-order valence-corrected chi connectivity index (χ2v) is 3.45. The SMILES string of the molecule is C=CCCCOc1cc(NCC)nc(C)n1. The summed E-state index contributed by atoms with van der Waals surface area (Å²) >= 11 is 0. The van der Waals surface area contributed by atoms with Crippen LogP contribution in [-0.4, -0.2) is 23.1 Å². The maximum Gasteiger partial charge on any atom is 0.218 e. The minimum atomic E-state index is 0.632. The summed E-state index contributed by atoms with van der Waals surface area (Å²) in [6.45, 7) is 9.06. The Morgan fingerprint density at radius 3 is 3.00 bits per heavy atom. The molecule has 4 nitrogen and oxygen atoms in total. The molecule has 0 bridgehead atoms. The Kier molecular flexibility index (Phi) is 5.32. The van der Waals surface area contributed by atoms with Crippen LogP contribution in [0.4, 0.5) is 5.82 Å². The zero-order chi connectivity index (χ0) is 11.8. The number of unbranched alkanes of at least 4 members (excludes halogenated alkanes) is 1. The fourth-order valence-electron chi connectivity index (χ4n) is 1.29. The van der Waals surface area contributed by atoms with Gasteiger partial charge in [-0.15, -0.1) is 6.58 Å². The Labute approximate surface area is 96.8 Å². The number of nitrogens with zero attached hydrogens (tertiary/aromatic N) is 2. The predicted octanol–water partition coefficient (Wildman–Crippen LogP) is 2.56. The van der Waals surface area contributed by atoms with Crippen LogP contribution in [0.5, 0.6) is 5.88 Å². The molecule has 0 radical (unpaired) electrons. The van der Waals surface area contributed by atoms with Crippen molar-refractivity contribution in [2.45, 2.75) is 26.7 Å². The van der Waals surface area contributed by atoms with Crippen LogP contribution in [0.3, 0.4) is 0 Å². The van der Waals surface area contributed by atoms with Gasteiger partial charge in [-0.25, -0.2) is 4.98 Å². The smallest absolute Gasteiger partial charge is 0.218 e. The van der Waals surface area contributed by atoms with E-state index < -0.39 is 0 Å². The molecular weight excluding hydrogens is 202 g/mol. The molecule has 0 spiro atoms. The zero-order valence-electron chi connectivity index (χ0n) is 9.99. The lowest BCUT2D eigenvalue weighted by molar-refractivity contribution is 0.299. The van der Waals surface area contributed by atoms with E-state index in [1.54, 1.807) is 0 Å². The molecule has 1 aromatic heterocycles. The second kappa shape index (κ2) is 6.82. The first kappa shape index (κ1) is 12.5. The van der Waals surface area contributed by atoms with E-state index in [2.05, 4.69) is 21.9 Å². The van der Waals surface area contributed by atoms with Gasteiger partial charge in [0.2, 0.25) is 5.88 Å².